The van der Waals surface area contributed by atoms with Crippen molar-refractivity contribution in [1.82, 2.24) is 0 Å². The summed E-state index contributed by atoms with van der Waals surface area (Å²) in [5.74, 6) is -0.538. The number of carbonyl (C=O) groups excluding carboxylic acids is 1. The normalized spacial score (nSPS) is 24.7. The van der Waals surface area contributed by atoms with Gasteiger partial charge in [0.1, 0.15) is 48.2 Å². The minimum atomic E-state index is -1.21. The molecule has 0 bridgehead atoms. The van der Waals surface area contributed by atoms with Crippen LogP contribution in [0.15, 0.2) is 182 Å². The van der Waals surface area contributed by atoms with Crippen LogP contribution in [0.1, 0.15) is 40.3 Å². The Labute approximate surface area is 410 Å². The summed E-state index contributed by atoms with van der Waals surface area (Å²) in [6.45, 7) is 3.37. The lowest BCUT2D eigenvalue weighted by Gasteiger charge is -2.50. The van der Waals surface area contributed by atoms with Gasteiger partial charge in [0.2, 0.25) is 0 Å². The summed E-state index contributed by atoms with van der Waals surface area (Å²) >= 11 is 1.48. The van der Waals surface area contributed by atoms with Gasteiger partial charge in [0.15, 0.2) is 12.4 Å². The number of hydrogen-bond donors (Lipinski definition) is 0. The molecule has 2 saturated heterocycles. The zero-order valence-corrected chi connectivity index (χ0v) is 40.0. The highest BCUT2D eigenvalue weighted by Crippen LogP contribution is 2.38. The highest BCUT2D eigenvalue weighted by molar-refractivity contribution is 7.99. The summed E-state index contributed by atoms with van der Waals surface area (Å²) in [4.78, 5) is 13.3. The van der Waals surface area contributed by atoms with Gasteiger partial charge in [-0.2, -0.15) is 0 Å². The molecule has 6 aromatic rings. The van der Waals surface area contributed by atoms with E-state index < -0.39 is 66.5 Å². The van der Waals surface area contributed by atoms with Gasteiger partial charge in [-0.15, -0.1) is 11.8 Å². The number of rotatable bonds is 24. The smallest absolute Gasteiger partial charge is 0.303 e. The first-order valence-electron chi connectivity index (χ1n) is 23.5. The molecule has 0 spiro atoms. The third-order valence-corrected chi connectivity index (χ3v) is 12.8. The second-order valence-electron chi connectivity index (χ2n) is 17.0. The molecule has 10 atom stereocenters. The summed E-state index contributed by atoms with van der Waals surface area (Å²) in [7, 11) is 0. The quantitative estimate of drug-likeness (QED) is 0.0539. The molecule has 11 nitrogen and oxygen atoms in total. The van der Waals surface area contributed by atoms with Gasteiger partial charge < -0.3 is 47.4 Å². The van der Waals surface area contributed by atoms with Crippen LogP contribution in [-0.4, -0.2) is 86.0 Å². The number of ether oxygens (including phenoxy) is 10. The minimum absolute atomic E-state index is 0.108. The highest BCUT2D eigenvalue weighted by Gasteiger charge is 2.55. The molecule has 69 heavy (non-hydrogen) atoms. The van der Waals surface area contributed by atoms with Crippen molar-refractivity contribution in [2.45, 2.75) is 107 Å². The van der Waals surface area contributed by atoms with Gasteiger partial charge in [-0.05, 0) is 39.6 Å². The van der Waals surface area contributed by atoms with Crippen LogP contribution in [0, 0.1) is 0 Å². The molecule has 0 N–H and O–H groups in total. The van der Waals surface area contributed by atoms with Crippen molar-refractivity contribution in [3.8, 4) is 0 Å². The van der Waals surface area contributed by atoms with Gasteiger partial charge >= 0.3 is 5.97 Å². The first-order chi connectivity index (χ1) is 34.0. The van der Waals surface area contributed by atoms with Gasteiger partial charge in [0.25, 0.3) is 0 Å². The monoisotopic (exact) mass is 954 g/mol. The zero-order chi connectivity index (χ0) is 47.5. The van der Waals surface area contributed by atoms with Crippen molar-refractivity contribution in [3.05, 3.63) is 215 Å². The van der Waals surface area contributed by atoms with Crippen LogP contribution in [-0.2, 0) is 91.8 Å². The Morgan fingerprint density at radius 1 is 0.420 bits per heavy atom. The SMILES string of the molecule is CS[C@H]1O[C@H](COCc2ccccc2)[C@@H](OCc2ccccc2)[C@H](OCc2ccccc2)[C@@H]1O[C@H]1O[C@H](COCc2ccccc2)[C@@H](OCc2ccccc2)[C@H](OCc2ccccc2)[C@@H]1OC(C)=O. The fourth-order valence-electron chi connectivity index (χ4n) is 8.52. The molecule has 0 amide bonds. The van der Waals surface area contributed by atoms with Crippen LogP contribution in [0.5, 0.6) is 0 Å². The molecule has 0 unspecified atom stereocenters. The lowest BCUT2D eigenvalue weighted by molar-refractivity contribution is -0.351. The first-order valence-corrected chi connectivity index (χ1v) is 24.8. The minimum Gasteiger partial charge on any atom is -0.454 e. The lowest BCUT2D eigenvalue weighted by Crippen LogP contribution is -2.66. The van der Waals surface area contributed by atoms with Crippen LogP contribution >= 0.6 is 11.8 Å². The fraction of sp³-hybridized carbons (Fsp3) is 0.351. The average Bonchev–Trinajstić information content (AvgIpc) is 3.39. The Hall–Kier alpha value is -5.22. The van der Waals surface area contributed by atoms with Crippen molar-refractivity contribution >= 4 is 17.7 Å². The van der Waals surface area contributed by atoms with Gasteiger partial charge in [-0.3, -0.25) is 4.79 Å². The molecule has 2 aliphatic heterocycles. The molecule has 0 aliphatic carbocycles. The Morgan fingerprint density at radius 3 is 1.09 bits per heavy atom. The summed E-state index contributed by atoms with van der Waals surface area (Å²) in [6.07, 6.45) is -5.58. The second-order valence-corrected chi connectivity index (χ2v) is 18.0. The van der Waals surface area contributed by atoms with Crippen molar-refractivity contribution in [1.29, 1.82) is 0 Å². The van der Waals surface area contributed by atoms with E-state index >= 15 is 0 Å². The molecular formula is C57H62O11S. The van der Waals surface area contributed by atoms with E-state index in [9.17, 15) is 4.79 Å². The fourth-order valence-corrected chi connectivity index (χ4v) is 9.27. The third kappa shape index (κ3) is 14.9. The van der Waals surface area contributed by atoms with Crippen LogP contribution in [0.3, 0.4) is 0 Å². The van der Waals surface area contributed by atoms with E-state index in [0.717, 1.165) is 33.4 Å². The number of esters is 1. The molecule has 0 radical (unpaired) electrons. The maximum absolute atomic E-state index is 13.3. The van der Waals surface area contributed by atoms with Crippen LogP contribution in [0.25, 0.3) is 0 Å². The summed E-state index contributed by atoms with van der Waals surface area (Å²) in [6, 6.07) is 59.7. The maximum atomic E-state index is 13.3. The standard InChI is InChI=1S/C57H62O11S/c1-41(58)65-54-52(63-37-46-29-17-7-18-30-46)50(61-35-44-25-13-5-14-26-44)48(39-59-33-42-21-9-3-10-22-42)66-56(54)68-55-53(64-38-47-31-19-8-20-32-47)51(62-36-45-27-15-6-16-28-45)49(67-57(55)69-2)40-60-34-43-23-11-4-12-24-43/h3-32,48-57H,33-40H2,1-2H3/t48-,49-,50-,51-,52+,53+,54+,55+,56-,57-/m1/s1. The van der Waals surface area contributed by atoms with E-state index in [1.54, 1.807) is 0 Å². The molecule has 2 heterocycles. The Morgan fingerprint density at radius 2 is 0.739 bits per heavy atom. The highest BCUT2D eigenvalue weighted by atomic mass is 32.2. The Balaban J connectivity index is 1.15. The Kier molecular flexibility index (Phi) is 19.4. The van der Waals surface area contributed by atoms with Gasteiger partial charge in [-0.1, -0.05) is 182 Å². The molecule has 0 aromatic heterocycles. The van der Waals surface area contributed by atoms with E-state index in [-0.39, 0.29) is 39.6 Å². The summed E-state index contributed by atoms with van der Waals surface area (Å²) < 4.78 is 67.9. The Bertz CT molecular complexity index is 2350. The van der Waals surface area contributed by atoms with E-state index in [1.807, 2.05) is 188 Å². The van der Waals surface area contributed by atoms with E-state index in [2.05, 4.69) is 0 Å². The van der Waals surface area contributed by atoms with Crippen LogP contribution in [0.4, 0.5) is 0 Å². The predicted octanol–water partition coefficient (Wildman–Crippen LogP) is 9.89. The van der Waals surface area contributed by atoms with Crippen molar-refractivity contribution in [2.75, 3.05) is 19.5 Å². The second kappa shape index (κ2) is 26.7. The van der Waals surface area contributed by atoms with Crippen LogP contribution in [0.2, 0.25) is 0 Å². The molecule has 12 heteroatoms. The topological polar surface area (TPSA) is 109 Å². The van der Waals surface area contributed by atoms with Crippen LogP contribution < -0.4 is 0 Å². The van der Waals surface area contributed by atoms with Crippen molar-refractivity contribution in [2.24, 2.45) is 0 Å². The average molecular weight is 955 g/mol. The van der Waals surface area contributed by atoms with Gasteiger partial charge in [0, 0.05) is 6.92 Å². The first kappa shape index (κ1) is 50.2. The zero-order valence-electron chi connectivity index (χ0n) is 39.1. The maximum Gasteiger partial charge on any atom is 0.303 e. The van der Waals surface area contributed by atoms with Crippen molar-refractivity contribution in [3.63, 3.8) is 0 Å². The molecule has 2 fully saturated rings. The number of carbonyl (C=O) groups is 1. The third-order valence-electron chi connectivity index (χ3n) is 11.9. The van der Waals surface area contributed by atoms with E-state index in [0.29, 0.717) is 13.2 Å². The van der Waals surface area contributed by atoms with Crippen molar-refractivity contribution < 1.29 is 52.2 Å². The van der Waals surface area contributed by atoms with Gasteiger partial charge in [-0.25, -0.2) is 0 Å². The number of thioether (sulfide) groups is 1. The molecule has 0 saturated carbocycles. The largest absolute Gasteiger partial charge is 0.454 e. The number of benzene rings is 6. The predicted molar refractivity (Wildman–Crippen MR) is 264 cm³/mol. The lowest BCUT2D eigenvalue weighted by atomic mass is 9.96. The van der Waals surface area contributed by atoms with E-state index in [1.165, 1.54) is 18.7 Å². The van der Waals surface area contributed by atoms with E-state index in [4.69, 9.17) is 47.4 Å². The number of hydrogen-bond acceptors (Lipinski definition) is 12. The molecule has 6 aromatic carbocycles. The van der Waals surface area contributed by atoms with Gasteiger partial charge in [0.05, 0.1) is 52.9 Å². The molecular weight excluding hydrogens is 893 g/mol. The summed E-state index contributed by atoms with van der Waals surface area (Å²) in [5.41, 5.74) is 5.26. The molecule has 8 rings (SSSR count). The molecule has 2 aliphatic rings. The summed E-state index contributed by atoms with van der Waals surface area (Å²) in [5, 5.41) is 0. The molecule has 362 valence electrons.